The normalized spacial score (nSPS) is 10.9. The van der Waals surface area contributed by atoms with Gasteiger partial charge in [-0.05, 0) is 55.7 Å². The van der Waals surface area contributed by atoms with Gasteiger partial charge in [-0.2, -0.15) is 0 Å². The molecule has 29 heavy (non-hydrogen) atoms. The van der Waals surface area contributed by atoms with Crippen molar-refractivity contribution in [2.75, 3.05) is 11.9 Å². The summed E-state index contributed by atoms with van der Waals surface area (Å²) >= 11 is 0. The maximum atomic E-state index is 12.6. The van der Waals surface area contributed by atoms with Crippen LogP contribution in [0.25, 0.3) is 10.9 Å². The summed E-state index contributed by atoms with van der Waals surface area (Å²) in [7, 11) is 0. The molecule has 1 heterocycles. The largest absolute Gasteiger partial charge is 0.490 e. The second-order valence-electron chi connectivity index (χ2n) is 6.55. The Morgan fingerprint density at radius 3 is 2.69 bits per heavy atom. The highest BCUT2D eigenvalue weighted by Crippen LogP contribution is 2.20. The second-order valence-corrected chi connectivity index (χ2v) is 6.55. The van der Waals surface area contributed by atoms with Crippen LogP contribution in [0.15, 0.2) is 84.3 Å². The zero-order chi connectivity index (χ0) is 20.5. The molecule has 0 radical (unpaired) electrons. The van der Waals surface area contributed by atoms with Crippen LogP contribution in [0.5, 0.6) is 5.75 Å². The molecule has 3 rings (SSSR count). The number of carbonyl (C=O) groups excluding carboxylic acids is 1. The fraction of sp³-hybridized carbons (Fsp3) is 0.167. The average Bonchev–Trinajstić information content (AvgIpc) is 2.74. The third-order valence-electron chi connectivity index (χ3n) is 4.45. The fourth-order valence-electron chi connectivity index (χ4n) is 2.92. The predicted octanol–water partition coefficient (Wildman–Crippen LogP) is 5.07. The van der Waals surface area contributed by atoms with Gasteiger partial charge in [0.2, 0.25) is 0 Å². The first-order valence-electron chi connectivity index (χ1n) is 9.59. The van der Waals surface area contributed by atoms with Gasteiger partial charge in [0.15, 0.2) is 5.43 Å². The summed E-state index contributed by atoms with van der Waals surface area (Å²) in [5, 5.41) is 3.39. The number of ether oxygens (including phenoxy) is 1. The van der Waals surface area contributed by atoms with E-state index in [1.807, 2.05) is 12.2 Å². The quantitative estimate of drug-likeness (QED) is 0.397. The minimum Gasteiger partial charge on any atom is -0.490 e. The molecule has 5 nitrogen and oxygen atoms in total. The monoisotopic (exact) mass is 388 g/mol. The van der Waals surface area contributed by atoms with E-state index in [1.165, 1.54) is 6.07 Å². The highest BCUT2D eigenvalue weighted by Gasteiger charge is 2.10. The first-order chi connectivity index (χ1) is 14.2. The summed E-state index contributed by atoms with van der Waals surface area (Å²) in [6, 6.07) is 13.7. The Morgan fingerprint density at radius 1 is 1.07 bits per heavy atom. The number of amides is 1. The van der Waals surface area contributed by atoms with Crippen molar-refractivity contribution in [2.45, 2.75) is 19.3 Å². The van der Waals surface area contributed by atoms with Crippen LogP contribution in [0.4, 0.5) is 5.69 Å². The molecule has 3 aromatic rings. The van der Waals surface area contributed by atoms with Crippen LogP contribution >= 0.6 is 0 Å². The summed E-state index contributed by atoms with van der Waals surface area (Å²) in [5.74, 6) is 0.447. The molecule has 1 aromatic heterocycles. The lowest BCUT2D eigenvalue weighted by atomic mass is 10.1. The lowest BCUT2D eigenvalue weighted by Crippen LogP contribution is -2.13. The number of nitrogens with one attached hydrogen (secondary N) is 2. The fourth-order valence-corrected chi connectivity index (χ4v) is 2.92. The summed E-state index contributed by atoms with van der Waals surface area (Å²) in [6.45, 7) is 4.19. The van der Waals surface area contributed by atoms with Gasteiger partial charge >= 0.3 is 0 Å². The van der Waals surface area contributed by atoms with Gasteiger partial charge in [0.25, 0.3) is 5.91 Å². The van der Waals surface area contributed by atoms with Gasteiger partial charge in [-0.3, -0.25) is 9.59 Å². The maximum Gasteiger partial charge on any atom is 0.255 e. The number of anilines is 1. The number of aromatic amines is 1. The van der Waals surface area contributed by atoms with Crippen molar-refractivity contribution in [1.29, 1.82) is 0 Å². The number of benzene rings is 2. The Kier molecular flexibility index (Phi) is 7.00. The van der Waals surface area contributed by atoms with Crippen molar-refractivity contribution >= 4 is 22.5 Å². The van der Waals surface area contributed by atoms with E-state index in [4.69, 9.17) is 4.74 Å². The molecule has 0 fully saturated rings. The molecule has 5 heteroatoms. The van der Waals surface area contributed by atoms with Crippen molar-refractivity contribution in [1.82, 2.24) is 4.98 Å². The molecular weight excluding hydrogens is 364 g/mol. The van der Waals surface area contributed by atoms with E-state index in [0.717, 1.165) is 19.3 Å². The van der Waals surface area contributed by atoms with Crippen LogP contribution in [-0.2, 0) is 0 Å². The van der Waals surface area contributed by atoms with E-state index in [-0.39, 0.29) is 11.3 Å². The van der Waals surface area contributed by atoms with E-state index in [1.54, 1.807) is 48.7 Å². The molecule has 0 unspecified atom stereocenters. The number of hydrogen-bond acceptors (Lipinski definition) is 3. The van der Waals surface area contributed by atoms with Gasteiger partial charge in [0, 0.05) is 23.2 Å². The topological polar surface area (TPSA) is 71.2 Å². The molecule has 0 aliphatic rings. The minimum absolute atomic E-state index is 0.0916. The molecule has 0 bridgehead atoms. The van der Waals surface area contributed by atoms with Gasteiger partial charge in [-0.15, -0.1) is 6.58 Å². The summed E-state index contributed by atoms with van der Waals surface area (Å²) in [6.07, 6.45) is 10.7. The van der Waals surface area contributed by atoms with Crippen LogP contribution in [-0.4, -0.2) is 17.5 Å². The molecule has 0 atom stereocenters. The SMILES string of the molecule is C=CCCCC=CCOc1ccc(C(=O)Nc2cccc3c(=O)cc[nH]c23)cc1. The Hall–Kier alpha value is -3.60. The number of aromatic nitrogens is 1. The van der Waals surface area contributed by atoms with E-state index < -0.39 is 0 Å². The van der Waals surface area contributed by atoms with Crippen LogP contribution in [0.2, 0.25) is 0 Å². The molecule has 0 spiro atoms. The Bertz CT molecular complexity index is 1070. The minimum atomic E-state index is -0.254. The van der Waals surface area contributed by atoms with Crippen molar-refractivity contribution in [3.63, 3.8) is 0 Å². The lowest BCUT2D eigenvalue weighted by Gasteiger charge is -2.09. The standard InChI is InChI=1S/C24H24N2O3/c1-2-3-4-5-6-7-17-29-19-13-11-18(12-14-19)24(28)26-21-10-8-9-20-22(27)15-16-25-23(20)21/h2,6-16H,1,3-5,17H2,(H,25,27)(H,26,28). The zero-order valence-corrected chi connectivity index (χ0v) is 16.2. The van der Waals surface area contributed by atoms with Gasteiger partial charge in [0.05, 0.1) is 11.2 Å². The Balaban J connectivity index is 1.59. The van der Waals surface area contributed by atoms with Crippen molar-refractivity contribution < 1.29 is 9.53 Å². The third kappa shape index (κ3) is 5.45. The van der Waals surface area contributed by atoms with E-state index >= 15 is 0 Å². The van der Waals surface area contributed by atoms with Crippen LogP contribution in [0, 0.1) is 0 Å². The summed E-state index contributed by atoms with van der Waals surface area (Å²) < 4.78 is 5.66. The number of pyridine rings is 1. The number of para-hydroxylation sites is 1. The van der Waals surface area contributed by atoms with E-state index in [9.17, 15) is 9.59 Å². The molecule has 0 saturated carbocycles. The number of H-pyrrole nitrogens is 1. The maximum absolute atomic E-state index is 12.6. The van der Waals surface area contributed by atoms with Gasteiger partial charge < -0.3 is 15.0 Å². The molecular formula is C24H24N2O3. The summed E-state index contributed by atoms with van der Waals surface area (Å²) in [5.41, 5.74) is 1.58. The zero-order valence-electron chi connectivity index (χ0n) is 16.2. The third-order valence-corrected chi connectivity index (χ3v) is 4.45. The molecule has 0 aliphatic carbocycles. The number of hydrogen-bond donors (Lipinski definition) is 2. The average molecular weight is 388 g/mol. The van der Waals surface area contributed by atoms with Gasteiger partial charge in [-0.25, -0.2) is 0 Å². The van der Waals surface area contributed by atoms with Crippen LogP contribution in [0.3, 0.4) is 0 Å². The number of unbranched alkanes of at least 4 members (excludes halogenated alkanes) is 2. The predicted molar refractivity (Wildman–Crippen MR) is 118 cm³/mol. The van der Waals surface area contributed by atoms with Gasteiger partial charge in [-0.1, -0.05) is 24.3 Å². The number of rotatable bonds is 9. The first-order valence-corrected chi connectivity index (χ1v) is 9.59. The number of carbonyl (C=O) groups is 1. The molecule has 0 aliphatic heterocycles. The van der Waals surface area contributed by atoms with Crippen LogP contribution in [0.1, 0.15) is 29.6 Å². The molecule has 2 N–H and O–H groups in total. The smallest absolute Gasteiger partial charge is 0.255 e. The highest BCUT2D eigenvalue weighted by molar-refractivity contribution is 6.08. The van der Waals surface area contributed by atoms with Gasteiger partial charge in [0.1, 0.15) is 12.4 Å². The van der Waals surface area contributed by atoms with Crippen molar-refractivity contribution in [2.24, 2.45) is 0 Å². The molecule has 2 aromatic carbocycles. The van der Waals surface area contributed by atoms with Crippen LogP contribution < -0.4 is 15.5 Å². The summed E-state index contributed by atoms with van der Waals surface area (Å²) in [4.78, 5) is 27.5. The second kappa shape index (κ2) is 10.1. The molecule has 148 valence electrons. The Labute approximate surface area is 169 Å². The lowest BCUT2D eigenvalue weighted by molar-refractivity contribution is 0.102. The number of fused-ring (bicyclic) bond motifs is 1. The van der Waals surface area contributed by atoms with E-state index in [0.29, 0.717) is 34.5 Å². The number of allylic oxidation sites excluding steroid dienone is 2. The molecule has 1 amide bonds. The van der Waals surface area contributed by atoms with Crippen molar-refractivity contribution in [3.8, 4) is 5.75 Å². The van der Waals surface area contributed by atoms with E-state index in [2.05, 4.69) is 23.0 Å². The van der Waals surface area contributed by atoms with Crippen molar-refractivity contribution in [3.05, 3.63) is 95.3 Å². The molecule has 0 saturated heterocycles. The Morgan fingerprint density at radius 2 is 1.90 bits per heavy atom. The first kappa shape index (κ1) is 20.1. The highest BCUT2D eigenvalue weighted by atomic mass is 16.5.